The zero-order valence-corrected chi connectivity index (χ0v) is 23.1. The van der Waals surface area contributed by atoms with Crippen LogP contribution in [-0.2, 0) is 20.9 Å². The molecule has 1 atom stereocenters. The average Bonchev–Trinajstić information content (AvgIpc) is 3.46. The van der Waals surface area contributed by atoms with E-state index in [0.29, 0.717) is 24.3 Å². The molecule has 13 heteroatoms. The number of hydrogen-bond acceptors (Lipinski definition) is 8. The predicted molar refractivity (Wildman–Crippen MR) is 151 cm³/mol. The fourth-order valence-corrected chi connectivity index (χ4v) is 4.43. The Balaban J connectivity index is 1.29. The molecular weight excluding hydrogens is 555 g/mol. The van der Waals surface area contributed by atoms with Crippen LogP contribution < -0.4 is 21.3 Å². The standard InChI is InChI=1S/C28H32ClFN6O5/c29-27-20(7-4-8-22(27)30)16-32-17-24(37)33-21(9-10-26(38)36-13-11-31-12-14-36)18-40-28(39)34-25-15-23(35-41-25)19-5-2-1-3-6-19/h1-8,15,21,31-32H,9-14,16-18H2,(H,33,37)(H,34,39)/t21-/m0/s1. The largest absolute Gasteiger partial charge is 0.447 e. The van der Waals surface area contributed by atoms with E-state index in [1.54, 1.807) is 17.0 Å². The van der Waals surface area contributed by atoms with Gasteiger partial charge in [0.2, 0.25) is 17.7 Å². The minimum Gasteiger partial charge on any atom is -0.447 e. The smallest absolute Gasteiger partial charge is 0.414 e. The van der Waals surface area contributed by atoms with E-state index in [1.807, 2.05) is 30.3 Å². The van der Waals surface area contributed by atoms with Crippen LogP contribution in [0.2, 0.25) is 5.02 Å². The van der Waals surface area contributed by atoms with Crippen LogP contribution in [-0.4, -0.2) is 73.3 Å². The van der Waals surface area contributed by atoms with Gasteiger partial charge in [-0.25, -0.2) is 9.18 Å². The van der Waals surface area contributed by atoms with Crippen molar-refractivity contribution in [3.05, 3.63) is 71.0 Å². The van der Waals surface area contributed by atoms with Crippen LogP contribution in [0, 0.1) is 5.82 Å². The Kier molecular flexibility index (Phi) is 11.1. The number of amides is 3. The number of halogens is 2. The van der Waals surface area contributed by atoms with E-state index >= 15 is 0 Å². The van der Waals surface area contributed by atoms with E-state index in [1.165, 1.54) is 12.1 Å². The van der Waals surface area contributed by atoms with E-state index in [-0.39, 0.29) is 55.3 Å². The second kappa shape index (κ2) is 15.1. The molecular formula is C28H32ClFN6O5. The first-order chi connectivity index (χ1) is 19.9. The zero-order chi connectivity index (χ0) is 29.0. The summed E-state index contributed by atoms with van der Waals surface area (Å²) in [6.07, 6.45) is -0.365. The highest BCUT2D eigenvalue weighted by molar-refractivity contribution is 6.31. The quantitative estimate of drug-likeness (QED) is 0.254. The summed E-state index contributed by atoms with van der Waals surface area (Å²) in [4.78, 5) is 39.5. The van der Waals surface area contributed by atoms with E-state index in [0.717, 1.165) is 18.7 Å². The number of piperazine rings is 1. The van der Waals surface area contributed by atoms with Crippen molar-refractivity contribution in [1.29, 1.82) is 0 Å². The Morgan fingerprint density at radius 1 is 1.12 bits per heavy atom. The molecule has 1 aliphatic heterocycles. The molecule has 2 heterocycles. The molecule has 1 aromatic heterocycles. The summed E-state index contributed by atoms with van der Waals surface area (Å²) in [6, 6.07) is 14.7. The van der Waals surface area contributed by atoms with Crippen molar-refractivity contribution < 1.29 is 28.0 Å². The third-order valence-corrected chi connectivity index (χ3v) is 6.82. The number of carbonyl (C=O) groups is 3. The van der Waals surface area contributed by atoms with Crippen molar-refractivity contribution in [3.8, 4) is 11.3 Å². The SMILES string of the molecule is O=C(CNCc1cccc(F)c1Cl)N[C@@H](CCC(=O)N1CCNCC1)COC(=O)Nc1cc(-c2ccccc2)no1. The van der Waals surface area contributed by atoms with Gasteiger partial charge in [0.15, 0.2) is 0 Å². The molecule has 2 aromatic carbocycles. The van der Waals surface area contributed by atoms with Gasteiger partial charge >= 0.3 is 6.09 Å². The van der Waals surface area contributed by atoms with Gasteiger partial charge in [-0.3, -0.25) is 14.9 Å². The minimum absolute atomic E-state index is 0.00762. The van der Waals surface area contributed by atoms with Crippen LogP contribution in [0.15, 0.2) is 59.1 Å². The van der Waals surface area contributed by atoms with Gasteiger partial charge in [-0.15, -0.1) is 0 Å². The van der Waals surface area contributed by atoms with Crippen molar-refractivity contribution in [2.24, 2.45) is 0 Å². The molecule has 3 aromatic rings. The Hall–Kier alpha value is -4.00. The molecule has 0 bridgehead atoms. The highest BCUT2D eigenvalue weighted by Crippen LogP contribution is 2.21. The summed E-state index contributed by atoms with van der Waals surface area (Å²) in [5.41, 5.74) is 1.88. The second-order valence-electron chi connectivity index (χ2n) is 9.42. The fraction of sp³-hybridized carbons (Fsp3) is 0.357. The highest BCUT2D eigenvalue weighted by atomic mass is 35.5. The van der Waals surface area contributed by atoms with E-state index in [9.17, 15) is 18.8 Å². The Morgan fingerprint density at radius 3 is 2.68 bits per heavy atom. The second-order valence-corrected chi connectivity index (χ2v) is 9.79. The lowest BCUT2D eigenvalue weighted by molar-refractivity contribution is -0.132. The molecule has 1 saturated heterocycles. The number of hydrogen-bond donors (Lipinski definition) is 4. The first kappa shape index (κ1) is 30.0. The number of nitrogens with one attached hydrogen (secondary N) is 4. The summed E-state index contributed by atoms with van der Waals surface area (Å²) in [7, 11) is 0. The number of benzene rings is 2. The number of nitrogens with zero attached hydrogens (tertiary/aromatic N) is 2. The molecule has 0 radical (unpaired) electrons. The van der Waals surface area contributed by atoms with Gasteiger partial charge < -0.3 is 30.1 Å². The van der Waals surface area contributed by atoms with Gasteiger partial charge in [-0.1, -0.05) is 59.2 Å². The third-order valence-electron chi connectivity index (χ3n) is 6.39. The van der Waals surface area contributed by atoms with Crippen LogP contribution in [0.3, 0.4) is 0 Å². The summed E-state index contributed by atoms with van der Waals surface area (Å²) in [6.45, 7) is 2.58. The van der Waals surface area contributed by atoms with Gasteiger partial charge in [0.05, 0.1) is 17.6 Å². The average molecular weight is 587 g/mol. The molecule has 3 amide bonds. The van der Waals surface area contributed by atoms with Gasteiger partial charge in [0.1, 0.15) is 18.1 Å². The summed E-state index contributed by atoms with van der Waals surface area (Å²) in [5.74, 6) is -0.863. The summed E-state index contributed by atoms with van der Waals surface area (Å²) in [5, 5.41) is 15.3. The molecule has 1 fully saturated rings. The topological polar surface area (TPSA) is 138 Å². The van der Waals surface area contributed by atoms with Gasteiger partial charge in [0, 0.05) is 50.8 Å². The molecule has 0 spiro atoms. The Bertz CT molecular complexity index is 1320. The number of carbonyl (C=O) groups excluding carboxylic acids is 3. The van der Waals surface area contributed by atoms with Crippen LogP contribution in [0.4, 0.5) is 15.1 Å². The molecule has 0 saturated carbocycles. The van der Waals surface area contributed by atoms with Crippen LogP contribution in [0.25, 0.3) is 11.3 Å². The minimum atomic E-state index is -0.799. The van der Waals surface area contributed by atoms with Crippen LogP contribution in [0.5, 0.6) is 0 Å². The maximum atomic E-state index is 13.7. The van der Waals surface area contributed by atoms with Gasteiger partial charge in [0.25, 0.3) is 0 Å². The van der Waals surface area contributed by atoms with Gasteiger partial charge in [-0.05, 0) is 18.1 Å². The molecule has 41 heavy (non-hydrogen) atoms. The first-order valence-electron chi connectivity index (χ1n) is 13.3. The first-order valence-corrected chi connectivity index (χ1v) is 13.6. The summed E-state index contributed by atoms with van der Waals surface area (Å²) >= 11 is 5.97. The Labute approximate surface area is 241 Å². The van der Waals surface area contributed by atoms with Crippen molar-refractivity contribution >= 4 is 35.4 Å². The lowest BCUT2D eigenvalue weighted by atomic mass is 10.1. The normalized spacial score (nSPS) is 13.9. The third kappa shape index (κ3) is 9.27. The predicted octanol–water partition coefficient (Wildman–Crippen LogP) is 3.17. The van der Waals surface area contributed by atoms with E-state index < -0.39 is 18.0 Å². The number of rotatable bonds is 12. The van der Waals surface area contributed by atoms with Gasteiger partial charge in [-0.2, -0.15) is 0 Å². The molecule has 4 rings (SSSR count). The molecule has 0 aliphatic carbocycles. The van der Waals surface area contributed by atoms with Crippen LogP contribution >= 0.6 is 11.6 Å². The zero-order valence-electron chi connectivity index (χ0n) is 22.3. The maximum Gasteiger partial charge on any atom is 0.414 e. The monoisotopic (exact) mass is 586 g/mol. The number of aromatic nitrogens is 1. The molecule has 1 aliphatic rings. The summed E-state index contributed by atoms with van der Waals surface area (Å²) < 4.78 is 24.2. The van der Waals surface area contributed by atoms with Crippen molar-refractivity contribution in [2.75, 3.05) is 44.6 Å². The van der Waals surface area contributed by atoms with E-state index in [4.69, 9.17) is 20.9 Å². The highest BCUT2D eigenvalue weighted by Gasteiger charge is 2.21. The Morgan fingerprint density at radius 2 is 1.90 bits per heavy atom. The van der Waals surface area contributed by atoms with Crippen molar-refractivity contribution in [3.63, 3.8) is 0 Å². The lowest BCUT2D eigenvalue weighted by Gasteiger charge is -2.28. The molecule has 11 nitrogen and oxygen atoms in total. The number of ether oxygens (including phenoxy) is 1. The maximum absolute atomic E-state index is 13.7. The van der Waals surface area contributed by atoms with Crippen molar-refractivity contribution in [2.45, 2.75) is 25.4 Å². The lowest BCUT2D eigenvalue weighted by Crippen LogP contribution is -2.47. The molecule has 4 N–H and O–H groups in total. The fourth-order valence-electron chi connectivity index (χ4n) is 4.23. The van der Waals surface area contributed by atoms with Crippen molar-refractivity contribution in [1.82, 2.24) is 26.0 Å². The van der Waals surface area contributed by atoms with Crippen LogP contribution in [0.1, 0.15) is 18.4 Å². The number of anilines is 1. The molecule has 218 valence electrons. The van der Waals surface area contributed by atoms with E-state index in [2.05, 4.69) is 26.4 Å². The molecule has 0 unspecified atom stereocenters.